The van der Waals surface area contributed by atoms with Crippen molar-refractivity contribution >= 4 is 5.91 Å². The second kappa shape index (κ2) is 7.48. The van der Waals surface area contributed by atoms with Gasteiger partial charge >= 0.3 is 0 Å². The van der Waals surface area contributed by atoms with Gasteiger partial charge in [0.2, 0.25) is 5.91 Å². The molecule has 0 aliphatic heterocycles. The van der Waals surface area contributed by atoms with E-state index in [1.165, 1.54) is 5.56 Å². The molecule has 0 bridgehead atoms. The Bertz CT molecular complexity index is 418. The van der Waals surface area contributed by atoms with Crippen molar-refractivity contribution in [1.29, 1.82) is 0 Å². The van der Waals surface area contributed by atoms with E-state index in [4.69, 9.17) is 0 Å². The Morgan fingerprint density at radius 3 is 2.70 bits per heavy atom. The molecule has 0 saturated carbocycles. The van der Waals surface area contributed by atoms with Gasteiger partial charge in [-0.1, -0.05) is 13.3 Å². The lowest BCUT2D eigenvalue weighted by Crippen LogP contribution is -2.35. The molecule has 0 spiro atoms. The first-order chi connectivity index (χ1) is 9.30. The summed E-state index contributed by atoms with van der Waals surface area (Å²) in [7, 11) is 0. The van der Waals surface area contributed by atoms with Gasteiger partial charge in [-0.3, -0.25) is 4.79 Å². The minimum Gasteiger partial charge on any atom is -0.352 e. The van der Waals surface area contributed by atoms with Crippen molar-refractivity contribution in [2.75, 3.05) is 0 Å². The average molecular weight is 279 g/mol. The van der Waals surface area contributed by atoms with Gasteiger partial charge in [-0.15, -0.1) is 0 Å². The fourth-order valence-electron chi connectivity index (χ4n) is 2.05. The summed E-state index contributed by atoms with van der Waals surface area (Å²) in [6.45, 7) is 11.8. The maximum absolute atomic E-state index is 11.9. The topological polar surface area (TPSA) is 46.1 Å². The van der Waals surface area contributed by atoms with Gasteiger partial charge in [-0.2, -0.15) is 0 Å². The fraction of sp³-hybridized carbons (Fsp3) is 0.688. The molecular formula is C16H29N3O. The Morgan fingerprint density at radius 2 is 2.10 bits per heavy atom. The van der Waals surface area contributed by atoms with E-state index in [9.17, 15) is 4.79 Å². The Hall–Kier alpha value is -1.29. The van der Waals surface area contributed by atoms with E-state index in [-0.39, 0.29) is 17.5 Å². The smallest absolute Gasteiger partial charge is 0.240 e. The van der Waals surface area contributed by atoms with E-state index in [1.54, 1.807) is 0 Å². The summed E-state index contributed by atoms with van der Waals surface area (Å²) in [6, 6.07) is 2.31. The van der Waals surface area contributed by atoms with E-state index in [2.05, 4.69) is 51.3 Å². The van der Waals surface area contributed by atoms with E-state index >= 15 is 0 Å². The van der Waals surface area contributed by atoms with E-state index in [0.29, 0.717) is 6.54 Å². The van der Waals surface area contributed by atoms with E-state index in [1.807, 2.05) is 17.0 Å². The number of hydrogen-bond acceptors (Lipinski definition) is 2. The molecule has 1 atom stereocenters. The van der Waals surface area contributed by atoms with Crippen molar-refractivity contribution in [3.8, 4) is 0 Å². The number of hydrogen-bond donors (Lipinski definition) is 2. The highest BCUT2D eigenvalue weighted by Crippen LogP contribution is 2.05. The van der Waals surface area contributed by atoms with Gasteiger partial charge in [0, 0.05) is 30.5 Å². The summed E-state index contributed by atoms with van der Waals surface area (Å²) < 4.78 is 1.94. The van der Waals surface area contributed by atoms with Crippen LogP contribution in [-0.4, -0.2) is 22.1 Å². The molecule has 1 heterocycles. The Labute approximate surface area is 122 Å². The molecule has 1 unspecified atom stereocenters. The molecule has 0 aliphatic carbocycles. The van der Waals surface area contributed by atoms with Gasteiger partial charge < -0.3 is 15.2 Å². The number of carbonyl (C=O) groups is 1. The average Bonchev–Trinajstić information content (AvgIpc) is 2.73. The van der Waals surface area contributed by atoms with Crippen LogP contribution in [0.3, 0.4) is 0 Å². The SMILES string of the molecule is CCCC(C)NC(=O)Cn1ccc(CNC(C)(C)C)c1. The predicted octanol–water partition coefficient (Wildman–Crippen LogP) is 2.68. The van der Waals surface area contributed by atoms with E-state index < -0.39 is 0 Å². The normalized spacial score (nSPS) is 13.2. The second-order valence-electron chi connectivity index (χ2n) is 6.55. The maximum Gasteiger partial charge on any atom is 0.240 e. The molecule has 4 heteroatoms. The first-order valence-electron chi connectivity index (χ1n) is 7.49. The molecule has 1 amide bonds. The summed E-state index contributed by atoms with van der Waals surface area (Å²) in [5.74, 6) is 0.0804. The third-order valence-corrected chi connectivity index (χ3v) is 3.09. The summed E-state index contributed by atoms with van der Waals surface area (Å²) in [5.41, 5.74) is 1.31. The van der Waals surface area contributed by atoms with Crippen LogP contribution in [0.5, 0.6) is 0 Å². The molecule has 0 aliphatic rings. The number of rotatable bonds is 7. The van der Waals surface area contributed by atoms with Gasteiger partial charge in [0.1, 0.15) is 6.54 Å². The Balaban J connectivity index is 2.41. The number of nitrogens with one attached hydrogen (secondary N) is 2. The number of amides is 1. The lowest BCUT2D eigenvalue weighted by molar-refractivity contribution is -0.122. The van der Waals surface area contributed by atoms with Crippen molar-refractivity contribution in [1.82, 2.24) is 15.2 Å². The molecule has 4 nitrogen and oxygen atoms in total. The van der Waals surface area contributed by atoms with E-state index in [0.717, 1.165) is 19.4 Å². The van der Waals surface area contributed by atoms with Crippen LogP contribution in [0, 0.1) is 0 Å². The third-order valence-electron chi connectivity index (χ3n) is 3.09. The minimum atomic E-state index is 0.0804. The second-order valence-corrected chi connectivity index (χ2v) is 6.55. The molecule has 2 N–H and O–H groups in total. The molecule has 114 valence electrons. The van der Waals surface area contributed by atoms with Crippen molar-refractivity contribution < 1.29 is 4.79 Å². The standard InChI is InChI=1S/C16H29N3O/c1-6-7-13(2)18-15(20)12-19-9-8-14(11-19)10-17-16(3,4)5/h8-9,11,13,17H,6-7,10,12H2,1-5H3,(H,18,20). The summed E-state index contributed by atoms with van der Waals surface area (Å²) >= 11 is 0. The third kappa shape index (κ3) is 6.75. The number of nitrogens with zero attached hydrogens (tertiary/aromatic N) is 1. The molecular weight excluding hydrogens is 250 g/mol. The van der Waals surface area contributed by atoms with Crippen LogP contribution in [-0.2, 0) is 17.9 Å². The molecule has 0 saturated heterocycles. The molecule has 1 rings (SSSR count). The molecule has 0 radical (unpaired) electrons. The minimum absolute atomic E-state index is 0.0804. The number of aromatic nitrogens is 1. The highest BCUT2D eigenvalue weighted by molar-refractivity contribution is 5.76. The van der Waals surface area contributed by atoms with Crippen LogP contribution in [0.4, 0.5) is 0 Å². The highest BCUT2D eigenvalue weighted by atomic mass is 16.2. The molecule has 1 aromatic heterocycles. The van der Waals surface area contributed by atoms with Gasteiger partial charge in [0.25, 0.3) is 0 Å². The van der Waals surface area contributed by atoms with Gasteiger partial charge in [0.05, 0.1) is 0 Å². The van der Waals surface area contributed by atoms with Crippen molar-refractivity contribution in [3.05, 3.63) is 24.0 Å². The summed E-state index contributed by atoms with van der Waals surface area (Å²) in [4.78, 5) is 11.9. The van der Waals surface area contributed by atoms with Crippen LogP contribution >= 0.6 is 0 Å². The Kier molecular flexibility index (Phi) is 6.27. The highest BCUT2D eigenvalue weighted by Gasteiger charge is 2.10. The van der Waals surface area contributed by atoms with Crippen LogP contribution in [0.25, 0.3) is 0 Å². The quantitative estimate of drug-likeness (QED) is 0.806. The zero-order valence-corrected chi connectivity index (χ0v) is 13.5. The van der Waals surface area contributed by atoms with Crippen molar-refractivity contribution in [2.24, 2.45) is 0 Å². The van der Waals surface area contributed by atoms with Gasteiger partial charge in [0.15, 0.2) is 0 Å². The lowest BCUT2D eigenvalue weighted by atomic mass is 10.1. The number of carbonyl (C=O) groups excluding carboxylic acids is 1. The molecule has 0 aromatic carbocycles. The van der Waals surface area contributed by atoms with Crippen molar-refractivity contribution in [2.45, 2.75) is 72.1 Å². The zero-order valence-electron chi connectivity index (χ0n) is 13.5. The maximum atomic E-state index is 11.9. The first-order valence-corrected chi connectivity index (χ1v) is 7.49. The molecule has 20 heavy (non-hydrogen) atoms. The summed E-state index contributed by atoms with van der Waals surface area (Å²) in [6.07, 6.45) is 6.11. The largest absolute Gasteiger partial charge is 0.352 e. The van der Waals surface area contributed by atoms with Crippen LogP contribution in [0.2, 0.25) is 0 Å². The first kappa shape index (κ1) is 16.8. The zero-order chi connectivity index (χ0) is 15.2. The molecule has 1 aromatic rings. The predicted molar refractivity (Wildman–Crippen MR) is 83.5 cm³/mol. The fourth-order valence-corrected chi connectivity index (χ4v) is 2.05. The van der Waals surface area contributed by atoms with Gasteiger partial charge in [-0.25, -0.2) is 0 Å². The lowest BCUT2D eigenvalue weighted by Gasteiger charge is -2.19. The molecule has 0 fully saturated rings. The van der Waals surface area contributed by atoms with Crippen LogP contribution in [0.1, 0.15) is 53.0 Å². The van der Waals surface area contributed by atoms with Crippen LogP contribution in [0.15, 0.2) is 18.5 Å². The van der Waals surface area contributed by atoms with Crippen LogP contribution < -0.4 is 10.6 Å². The Morgan fingerprint density at radius 1 is 1.40 bits per heavy atom. The van der Waals surface area contributed by atoms with Crippen molar-refractivity contribution in [3.63, 3.8) is 0 Å². The summed E-state index contributed by atoms with van der Waals surface area (Å²) in [5, 5.41) is 6.46. The monoisotopic (exact) mass is 279 g/mol. The van der Waals surface area contributed by atoms with Gasteiger partial charge in [-0.05, 0) is 45.7 Å².